The lowest BCUT2D eigenvalue weighted by molar-refractivity contribution is -0.113. The number of rotatable bonds is 2. The van der Waals surface area contributed by atoms with E-state index in [1.165, 1.54) is 18.3 Å². The van der Waals surface area contributed by atoms with Crippen LogP contribution >= 0.6 is 11.6 Å². The number of pyridine rings is 1. The molecule has 0 atom stereocenters. The second-order valence-corrected chi connectivity index (χ2v) is 2.70. The zero-order chi connectivity index (χ0) is 9.84. The Kier molecular flexibility index (Phi) is 2.87. The molecule has 0 unspecified atom stereocenters. The van der Waals surface area contributed by atoms with Crippen molar-refractivity contribution in [2.75, 3.05) is 5.73 Å². The number of halogens is 1. The minimum Gasteiger partial charge on any atom is -0.398 e. The van der Waals surface area contributed by atoms with E-state index in [-0.39, 0.29) is 5.15 Å². The summed E-state index contributed by atoms with van der Waals surface area (Å²) in [6.07, 6.45) is 4.10. The molecule has 1 rings (SSSR count). The summed E-state index contributed by atoms with van der Waals surface area (Å²) in [6.45, 7) is 0. The van der Waals surface area contributed by atoms with Crippen LogP contribution in [-0.2, 0) is 4.79 Å². The van der Waals surface area contributed by atoms with Gasteiger partial charge in [-0.1, -0.05) is 11.6 Å². The van der Waals surface area contributed by atoms with Gasteiger partial charge in [0.25, 0.3) is 0 Å². The minimum atomic E-state index is -0.556. The highest BCUT2D eigenvalue weighted by atomic mass is 35.5. The van der Waals surface area contributed by atoms with E-state index in [1.807, 2.05) is 0 Å². The number of hydrogen-bond donors (Lipinski definition) is 2. The molecule has 5 heteroatoms. The molecule has 0 radical (unpaired) electrons. The molecule has 1 heterocycles. The molecule has 0 saturated carbocycles. The first-order valence-electron chi connectivity index (χ1n) is 3.48. The molecule has 1 amide bonds. The highest BCUT2D eigenvalue weighted by Crippen LogP contribution is 2.20. The van der Waals surface area contributed by atoms with Crippen LogP contribution in [0.3, 0.4) is 0 Å². The van der Waals surface area contributed by atoms with Crippen molar-refractivity contribution in [1.29, 1.82) is 0 Å². The number of nitrogen functional groups attached to an aromatic ring is 1. The lowest BCUT2D eigenvalue weighted by atomic mass is 10.2. The molecule has 0 aliphatic carbocycles. The summed E-state index contributed by atoms with van der Waals surface area (Å²) < 4.78 is 0. The number of carbonyl (C=O) groups is 1. The lowest BCUT2D eigenvalue weighted by Crippen LogP contribution is -2.05. The van der Waals surface area contributed by atoms with Crippen molar-refractivity contribution in [2.45, 2.75) is 0 Å². The van der Waals surface area contributed by atoms with E-state index in [0.717, 1.165) is 0 Å². The maximum atomic E-state index is 10.4. The second kappa shape index (κ2) is 3.91. The van der Waals surface area contributed by atoms with Crippen LogP contribution in [0.15, 0.2) is 18.3 Å². The number of nitrogens with zero attached hydrogens (tertiary/aromatic N) is 1. The van der Waals surface area contributed by atoms with Gasteiger partial charge in [-0.15, -0.1) is 0 Å². The van der Waals surface area contributed by atoms with E-state index >= 15 is 0 Å². The third kappa shape index (κ3) is 2.45. The number of aromatic nitrogens is 1. The molecular formula is C8H8ClN3O. The molecule has 0 aromatic carbocycles. The van der Waals surface area contributed by atoms with Crippen LogP contribution in [0.4, 0.5) is 5.69 Å². The molecule has 1 aromatic heterocycles. The van der Waals surface area contributed by atoms with Gasteiger partial charge < -0.3 is 11.5 Å². The highest BCUT2D eigenvalue weighted by Gasteiger charge is 2.01. The van der Waals surface area contributed by atoms with Gasteiger partial charge in [0.15, 0.2) is 0 Å². The van der Waals surface area contributed by atoms with Gasteiger partial charge in [-0.2, -0.15) is 0 Å². The van der Waals surface area contributed by atoms with Gasteiger partial charge in [0, 0.05) is 23.5 Å². The summed E-state index contributed by atoms with van der Waals surface area (Å²) in [7, 11) is 0. The summed E-state index contributed by atoms with van der Waals surface area (Å²) in [4.78, 5) is 14.2. The third-order valence-electron chi connectivity index (χ3n) is 1.39. The van der Waals surface area contributed by atoms with E-state index in [9.17, 15) is 4.79 Å². The highest BCUT2D eigenvalue weighted by molar-refractivity contribution is 6.31. The van der Waals surface area contributed by atoms with Crippen molar-refractivity contribution in [3.8, 4) is 0 Å². The predicted octanol–water partition coefficient (Wildman–Crippen LogP) is 0.816. The summed E-state index contributed by atoms with van der Waals surface area (Å²) in [6, 6.07) is 1.59. The standard InChI is InChI=1S/C8H8ClN3O/c9-8-5(1-2-7(11)13)6(10)3-4-12-8/h1-4H,(H2,10,12)(H2,11,13). The van der Waals surface area contributed by atoms with Gasteiger partial charge in [-0.05, 0) is 12.1 Å². The fourth-order valence-electron chi connectivity index (χ4n) is 0.792. The molecule has 0 aliphatic rings. The molecule has 0 fully saturated rings. The Hall–Kier alpha value is -1.55. The van der Waals surface area contributed by atoms with E-state index in [0.29, 0.717) is 11.3 Å². The lowest BCUT2D eigenvalue weighted by Gasteiger charge is -2.00. The largest absolute Gasteiger partial charge is 0.398 e. The third-order valence-corrected chi connectivity index (χ3v) is 1.69. The Morgan fingerprint density at radius 2 is 2.31 bits per heavy atom. The smallest absolute Gasteiger partial charge is 0.241 e. The maximum absolute atomic E-state index is 10.4. The summed E-state index contributed by atoms with van der Waals surface area (Å²) in [5.74, 6) is -0.556. The minimum absolute atomic E-state index is 0.248. The Labute approximate surface area is 80.2 Å². The number of hydrogen-bond acceptors (Lipinski definition) is 3. The van der Waals surface area contributed by atoms with Crippen LogP contribution in [0.5, 0.6) is 0 Å². The number of carbonyl (C=O) groups excluding carboxylic acids is 1. The molecule has 0 saturated heterocycles. The molecule has 4 nitrogen and oxygen atoms in total. The van der Waals surface area contributed by atoms with E-state index < -0.39 is 5.91 Å². The van der Waals surface area contributed by atoms with Crippen LogP contribution in [0, 0.1) is 0 Å². The Balaban J connectivity index is 3.06. The van der Waals surface area contributed by atoms with E-state index in [2.05, 4.69) is 4.98 Å². The molecule has 13 heavy (non-hydrogen) atoms. The van der Waals surface area contributed by atoms with Gasteiger partial charge in [0.2, 0.25) is 5.91 Å². The van der Waals surface area contributed by atoms with Gasteiger partial charge >= 0.3 is 0 Å². The molecule has 0 aliphatic heterocycles. The van der Waals surface area contributed by atoms with Crippen LogP contribution in [0.1, 0.15) is 5.56 Å². The molecule has 68 valence electrons. The predicted molar refractivity (Wildman–Crippen MR) is 51.9 cm³/mol. The van der Waals surface area contributed by atoms with Gasteiger partial charge in [-0.25, -0.2) is 4.98 Å². The maximum Gasteiger partial charge on any atom is 0.241 e. The molecule has 1 aromatic rings. The van der Waals surface area contributed by atoms with Crippen LogP contribution in [0.2, 0.25) is 5.15 Å². The summed E-state index contributed by atoms with van der Waals surface area (Å²) in [5, 5.41) is 0.248. The first kappa shape index (κ1) is 9.54. The summed E-state index contributed by atoms with van der Waals surface area (Å²) >= 11 is 5.72. The number of anilines is 1. The van der Waals surface area contributed by atoms with Crippen LogP contribution in [-0.4, -0.2) is 10.9 Å². The Bertz CT molecular complexity index is 342. The molecule has 0 spiro atoms. The fourth-order valence-corrected chi connectivity index (χ4v) is 1.02. The first-order chi connectivity index (χ1) is 6.11. The number of nitrogens with two attached hydrogens (primary N) is 2. The van der Waals surface area contributed by atoms with Crippen molar-refractivity contribution in [3.05, 3.63) is 29.1 Å². The zero-order valence-electron chi connectivity index (χ0n) is 6.70. The van der Waals surface area contributed by atoms with Crippen molar-refractivity contribution in [3.63, 3.8) is 0 Å². The molecular weight excluding hydrogens is 190 g/mol. The topological polar surface area (TPSA) is 82.0 Å². The van der Waals surface area contributed by atoms with Gasteiger partial charge in [0.1, 0.15) is 5.15 Å². The molecule has 0 bridgehead atoms. The van der Waals surface area contributed by atoms with Gasteiger partial charge in [-0.3, -0.25) is 4.79 Å². The fraction of sp³-hybridized carbons (Fsp3) is 0. The monoisotopic (exact) mass is 197 g/mol. The Morgan fingerprint density at radius 1 is 1.62 bits per heavy atom. The van der Waals surface area contributed by atoms with Crippen LogP contribution in [0.25, 0.3) is 6.08 Å². The van der Waals surface area contributed by atoms with Crippen molar-refractivity contribution in [2.24, 2.45) is 5.73 Å². The first-order valence-corrected chi connectivity index (χ1v) is 3.86. The number of amides is 1. The molecule has 4 N–H and O–H groups in total. The van der Waals surface area contributed by atoms with E-state index in [4.69, 9.17) is 23.1 Å². The van der Waals surface area contributed by atoms with Crippen molar-refractivity contribution >= 4 is 29.3 Å². The quantitative estimate of drug-likeness (QED) is 0.544. The average Bonchev–Trinajstić information content (AvgIpc) is 2.03. The van der Waals surface area contributed by atoms with E-state index in [1.54, 1.807) is 6.07 Å². The summed E-state index contributed by atoms with van der Waals surface area (Å²) in [5.41, 5.74) is 11.4. The van der Waals surface area contributed by atoms with Crippen LogP contribution < -0.4 is 11.5 Å². The second-order valence-electron chi connectivity index (χ2n) is 2.34. The average molecular weight is 198 g/mol. The zero-order valence-corrected chi connectivity index (χ0v) is 7.45. The van der Waals surface area contributed by atoms with Crippen molar-refractivity contribution < 1.29 is 4.79 Å². The normalized spacial score (nSPS) is 10.5. The van der Waals surface area contributed by atoms with Gasteiger partial charge in [0.05, 0.1) is 0 Å². The Morgan fingerprint density at radius 3 is 2.85 bits per heavy atom. The van der Waals surface area contributed by atoms with Crippen molar-refractivity contribution in [1.82, 2.24) is 4.98 Å². The number of primary amides is 1. The SMILES string of the molecule is NC(=O)C=Cc1c(N)ccnc1Cl.